The first-order valence-corrected chi connectivity index (χ1v) is 6.03. The third-order valence-corrected chi connectivity index (χ3v) is 3.39. The molecule has 2 aromatic rings. The first-order chi connectivity index (χ1) is 7.58. The molecule has 0 aliphatic heterocycles. The number of aryl methyl sites for hydroxylation is 2. The van der Waals surface area contributed by atoms with Crippen LogP contribution in [-0.4, -0.2) is 20.8 Å². The Morgan fingerprint density at radius 2 is 2.38 bits per heavy atom. The van der Waals surface area contributed by atoms with Crippen LogP contribution in [0.3, 0.4) is 0 Å². The molecule has 1 N–H and O–H groups in total. The number of aliphatic hydroxyl groups is 1. The van der Waals surface area contributed by atoms with Crippen LogP contribution in [0, 0.1) is 6.92 Å². The zero-order chi connectivity index (χ0) is 11.7. The second-order valence-electron chi connectivity index (χ2n) is 3.96. The molecule has 0 aliphatic carbocycles. The molecular weight excluding hydrogens is 224 g/mol. The number of aromatic nitrogens is 2. The van der Waals surface area contributed by atoms with Gasteiger partial charge in [-0.25, -0.2) is 4.98 Å². The van der Waals surface area contributed by atoms with Crippen LogP contribution < -0.4 is 5.56 Å². The predicted molar refractivity (Wildman–Crippen MR) is 64.9 cm³/mol. The summed E-state index contributed by atoms with van der Waals surface area (Å²) in [4.78, 5) is 18.1. The quantitative estimate of drug-likeness (QED) is 0.882. The average molecular weight is 238 g/mol. The molecule has 1 atom stereocenters. The van der Waals surface area contributed by atoms with Gasteiger partial charge in [0.2, 0.25) is 0 Å². The fraction of sp³-hybridized carbons (Fsp3) is 0.455. The Balaban J connectivity index is 2.40. The highest BCUT2D eigenvalue weighted by atomic mass is 32.1. The normalized spacial score (nSPS) is 13.2. The zero-order valence-corrected chi connectivity index (χ0v) is 10.1. The number of hydrogen-bond donors (Lipinski definition) is 1. The molecule has 2 heterocycles. The highest BCUT2D eigenvalue weighted by molar-refractivity contribution is 7.18. The van der Waals surface area contributed by atoms with Crippen LogP contribution in [0.1, 0.15) is 18.2 Å². The topological polar surface area (TPSA) is 55.1 Å². The van der Waals surface area contributed by atoms with Gasteiger partial charge in [-0.2, -0.15) is 0 Å². The summed E-state index contributed by atoms with van der Waals surface area (Å²) < 4.78 is 1.56. The van der Waals surface area contributed by atoms with Gasteiger partial charge in [0, 0.05) is 11.4 Å². The van der Waals surface area contributed by atoms with E-state index in [2.05, 4.69) is 4.98 Å². The summed E-state index contributed by atoms with van der Waals surface area (Å²) in [5, 5.41) is 9.86. The first-order valence-electron chi connectivity index (χ1n) is 5.21. The van der Waals surface area contributed by atoms with E-state index in [4.69, 9.17) is 0 Å². The van der Waals surface area contributed by atoms with Crippen molar-refractivity contribution in [2.24, 2.45) is 0 Å². The summed E-state index contributed by atoms with van der Waals surface area (Å²) in [5.41, 5.74) is -0.0185. The van der Waals surface area contributed by atoms with Crippen LogP contribution >= 0.6 is 11.3 Å². The molecule has 0 radical (unpaired) electrons. The van der Waals surface area contributed by atoms with E-state index in [1.165, 1.54) is 11.3 Å². The highest BCUT2D eigenvalue weighted by Crippen LogP contribution is 2.19. The molecule has 0 saturated carbocycles. The Kier molecular flexibility index (Phi) is 3.07. The second kappa shape index (κ2) is 4.35. The van der Waals surface area contributed by atoms with E-state index in [-0.39, 0.29) is 5.56 Å². The lowest BCUT2D eigenvalue weighted by atomic mass is 10.3. The molecule has 86 valence electrons. The Morgan fingerprint density at radius 1 is 1.62 bits per heavy atom. The summed E-state index contributed by atoms with van der Waals surface area (Å²) in [5.74, 6) is 0. The number of thiophene rings is 1. The fourth-order valence-corrected chi connectivity index (χ4v) is 2.40. The molecule has 0 aliphatic rings. The molecule has 0 spiro atoms. The monoisotopic (exact) mass is 238 g/mol. The van der Waals surface area contributed by atoms with Crippen LogP contribution in [0.25, 0.3) is 10.2 Å². The standard InChI is InChI=1S/C11H14N2O2S/c1-7(14)3-4-13-6-12-10-9(11(13)15)5-8(2)16-10/h5-7,14H,3-4H2,1-2H3. The van der Waals surface area contributed by atoms with Gasteiger partial charge in [0.15, 0.2) is 0 Å². The third-order valence-electron chi connectivity index (χ3n) is 2.43. The maximum Gasteiger partial charge on any atom is 0.262 e. The first kappa shape index (κ1) is 11.3. The van der Waals surface area contributed by atoms with Gasteiger partial charge in [-0.05, 0) is 26.3 Å². The van der Waals surface area contributed by atoms with E-state index in [0.29, 0.717) is 18.4 Å². The molecule has 1 unspecified atom stereocenters. The SMILES string of the molecule is Cc1cc2c(=O)n(CCC(C)O)cnc2s1. The zero-order valence-electron chi connectivity index (χ0n) is 9.30. The lowest BCUT2D eigenvalue weighted by Gasteiger charge is -2.06. The lowest BCUT2D eigenvalue weighted by molar-refractivity contribution is 0.177. The third kappa shape index (κ3) is 2.15. The minimum Gasteiger partial charge on any atom is -0.393 e. The van der Waals surface area contributed by atoms with Gasteiger partial charge < -0.3 is 5.11 Å². The fourth-order valence-electron chi connectivity index (χ4n) is 1.57. The van der Waals surface area contributed by atoms with Gasteiger partial charge in [0.1, 0.15) is 4.83 Å². The predicted octanol–water partition coefficient (Wildman–Crippen LogP) is 1.54. The molecule has 0 fully saturated rings. The van der Waals surface area contributed by atoms with Crippen molar-refractivity contribution >= 4 is 21.6 Å². The maximum atomic E-state index is 12.0. The molecule has 2 aromatic heterocycles. The maximum absolute atomic E-state index is 12.0. The summed E-state index contributed by atoms with van der Waals surface area (Å²) in [6.07, 6.45) is 1.73. The van der Waals surface area contributed by atoms with Crippen LogP contribution in [0.15, 0.2) is 17.2 Å². The minimum absolute atomic E-state index is 0.0185. The molecule has 0 saturated heterocycles. The van der Waals surface area contributed by atoms with E-state index in [1.54, 1.807) is 17.8 Å². The van der Waals surface area contributed by atoms with Crippen LogP contribution in [0.4, 0.5) is 0 Å². The number of rotatable bonds is 3. The Labute approximate surface area is 97.2 Å². The van der Waals surface area contributed by atoms with Gasteiger partial charge in [-0.1, -0.05) is 0 Å². The van der Waals surface area contributed by atoms with Gasteiger partial charge >= 0.3 is 0 Å². The van der Waals surface area contributed by atoms with Gasteiger partial charge in [0.25, 0.3) is 5.56 Å². The van der Waals surface area contributed by atoms with E-state index < -0.39 is 6.10 Å². The molecule has 2 rings (SSSR count). The van der Waals surface area contributed by atoms with Crippen LogP contribution in [-0.2, 0) is 6.54 Å². The number of fused-ring (bicyclic) bond motifs is 1. The molecule has 16 heavy (non-hydrogen) atoms. The second-order valence-corrected chi connectivity index (χ2v) is 5.19. The molecule has 0 amide bonds. The van der Waals surface area contributed by atoms with Crippen molar-refractivity contribution < 1.29 is 5.11 Å². The smallest absolute Gasteiger partial charge is 0.262 e. The lowest BCUT2D eigenvalue weighted by Crippen LogP contribution is -2.21. The van der Waals surface area contributed by atoms with E-state index in [1.807, 2.05) is 13.0 Å². The van der Waals surface area contributed by atoms with Crippen molar-refractivity contribution in [3.8, 4) is 0 Å². The van der Waals surface area contributed by atoms with Crippen LogP contribution in [0.5, 0.6) is 0 Å². The van der Waals surface area contributed by atoms with Gasteiger partial charge in [-0.3, -0.25) is 9.36 Å². The Morgan fingerprint density at radius 3 is 3.06 bits per heavy atom. The van der Waals surface area contributed by atoms with Crippen LogP contribution in [0.2, 0.25) is 0 Å². The molecule has 0 bridgehead atoms. The largest absolute Gasteiger partial charge is 0.393 e. The number of hydrogen-bond acceptors (Lipinski definition) is 4. The Hall–Kier alpha value is -1.20. The van der Waals surface area contributed by atoms with Gasteiger partial charge in [0.05, 0.1) is 17.8 Å². The molecule has 4 nitrogen and oxygen atoms in total. The highest BCUT2D eigenvalue weighted by Gasteiger charge is 2.07. The van der Waals surface area contributed by atoms with Gasteiger partial charge in [-0.15, -0.1) is 11.3 Å². The summed E-state index contributed by atoms with van der Waals surface area (Å²) in [6, 6.07) is 1.87. The van der Waals surface area contributed by atoms with E-state index in [0.717, 1.165) is 9.71 Å². The summed E-state index contributed by atoms with van der Waals surface area (Å²) in [7, 11) is 0. The Bertz CT molecular complexity index is 557. The van der Waals surface area contributed by atoms with E-state index >= 15 is 0 Å². The summed E-state index contributed by atoms with van der Waals surface area (Å²) in [6.45, 7) is 4.19. The van der Waals surface area contributed by atoms with Crippen molar-refractivity contribution in [2.75, 3.05) is 0 Å². The summed E-state index contributed by atoms with van der Waals surface area (Å²) >= 11 is 1.53. The average Bonchev–Trinajstić information content (AvgIpc) is 2.58. The number of aliphatic hydroxyl groups excluding tert-OH is 1. The van der Waals surface area contributed by atoms with Crippen molar-refractivity contribution in [1.82, 2.24) is 9.55 Å². The van der Waals surface area contributed by atoms with Crippen molar-refractivity contribution in [3.63, 3.8) is 0 Å². The van der Waals surface area contributed by atoms with Crippen molar-refractivity contribution in [1.29, 1.82) is 0 Å². The minimum atomic E-state index is -0.396. The number of nitrogens with zero attached hydrogens (tertiary/aromatic N) is 2. The molecule has 0 aromatic carbocycles. The van der Waals surface area contributed by atoms with E-state index in [9.17, 15) is 9.90 Å². The molecular formula is C11H14N2O2S. The van der Waals surface area contributed by atoms with Crippen molar-refractivity contribution in [3.05, 3.63) is 27.6 Å². The van der Waals surface area contributed by atoms with Crippen molar-refractivity contribution in [2.45, 2.75) is 32.9 Å². The molecule has 5 heteroatoms.